The lowest BCUT2D eigenvalue weighted by molar-refractivity contribution is -0.107. The molecule has 0 atom stereocenters. The summed E-state index contributed by atoms with van der Waals surface area (Å²) in [5.41, 5.74) is 1.56. The molecule has 1 aromatic carbocycles. The molecule has 1 N–H and O–H groups in total. The number of carbonyl (C=O) groups is 1. The highest BCUT2D eigenvalue weighted by atomic mass is 32.2. The molecule has 5 heteroatoms. The first-order valence-corrected chi connectivity index (χ1v) is 6.90. The van der Waals surface area contributed by atoms with Gasteiger partial charge in [0, 0.05) is 6.42 Å². The molecule has 0 saturated carbocycles. The zero-order valence-corrected chi connectivity index (χ0v) is 10.5. The SMILES string of the molecule is Cc1ccc(S(=O)(=O)O)c(CCCCC=O)c1. The van der Waals surface area contributed by atoms with Gasteiger partial charge in [0.05, 0.1) is 4.90 Å². The summed E-state index contributed by atoms with van der Waals surface area (Å²) in [5, 5.41) is 0. The van der Waals surface area contributed by atoms with Crippen LogP contribution in [-0.4, -0.2) is 19.3 Å². The van der Waals surface area contributed by atoms with Crippen molar-refractivity contribution in [3.63, 3.8) is 0 Å². The molecule has 1 rings (SSSR count). The summed E-state index contributed by atoms with van der Waals surface area (Å²) in [6.45, 7) is 1.86. The van der Waals surface area contributed by atoms with Gasteiger partial charge in [0.15, 0.2) is 0 Å². The number of rotatable bonds is 6. The predicted molar refractivity (Wildman–Crippen MR) is 64.6 cm³/mol. The summed E-state index contributed by atoms with van der Waals surface area (Å²) in [6, 6.07) is 4.82. The highest BCUT2D eigenvalue weighted by Crippen LogP contribution is 2.19. The Morgan fingerprint density at radius 3 is 2.59 bits per heavy atom. The molecule has 0 unspecified atom stereocenters. The minimum Gasteiger partial charge on any atom is -0.303 e. The zero-order chi connectivity index (χ0) is 12.9. The average molecular weight is 256 g/mol. The number of carbonyl (C=O) groups excluding carboxylic acids is 1. The molecule has 0 fully saturated rings. The van der Waals surface area contributed by atoms with Crippen LogP contribution in [-0.2, 0) is 21.3 Å². The monoisotopic (exact) mass is 256 g/mol. The molecule has 4 nitrogen and oxygen atoms in total. The molecular weight excluding hydrogens is 240 g/mol. The van der Waals surface area contributed by atoms with Crippen LogP contribution in [0.25, 0.3) is 0 Å². The van der Waals surface area contributed by atoms with Gasteiger partial charge >= 0.3 is 0 Å². The third-order valence-electron chi connectivity index (χ3n) is 2.51. The molecule has 94 valence electrons. The molecule has 0 bridgehead atoms. The molecule has 0 radical (unpaired) electrons. The van der Waals surface area contributed by atoms with E-state index in [2.05, 4.69) is 0 Å². The summed E-state index contributed by atoms with van der Waals surface area (Å²) in [4.78, 5) is 10.1. The van der Waals surface area contributed by atoms with E-state index in [0.717, 1.165) is 24.7 Å². The van der Waals surface area contributed by atoms with E-state index < -0.39 is 10.1 Å². The van der Waals surface area contributed by atoms with E-state index >= 15 is 0 Å². The van der Waals surface area contributed by atoms with Crippen LogP contribution in [0.5, 0.6) is 0 Å². The molecule has 0 aromatic heterocycles. The second-order valence-corrected chi connectivity index (χ2v) is 5.39. The van der Waals surface area contributed by atoms with Crippen LogP contribution in [0.3, 0.4) is 0 Å². The van der Waals surface area contributed by atoms with Crippen molar-refractivity contribution < 1.29 is 17.8 Å². The number of hydrogen-bond donors (Lipinski definition) is 1. The summed E-state index contributed by atoms with van der Waals surface area (Å²) in [7, 11) is -4.16. The van der Waals surface area contributed by atoms with E-state index in [9.17, 15) is 13.2 Å². The largest absolute Gasteiger partial charge is 0.303 e. The maximum absolute atomic E-state index is 11.2. The Labute approximate surface area is 101 Å². The van der Waals surface area contributed by atoms with Gasteiger partial charge in [0.1, 0.15) is 6.29 Å². The van der Waals surface area contributed by atoms with Crippen molar-refractivity contribution in [3.8, 4) is 0 Å². The van der Waals surface area contributed by atoms with E-state index in [1.54, 1.807) is 12.1 Å². The lowest BCUT2D eigenvalue weighted by atomic mass is 10.1. The minimum atomic E-state index is -4.16. The third kappa shape index (κ3) is 4.28. The van der Waals surface area contributed by atoms with Gasteiger partial charge in [-0.25, -0.2) is 0 Å². The van der Waals surface area contributed by atoms with Crippen LogP contribution >= 0.6 is 0 Å². The topological polar surface area (TPSA) is 71.4 Å². The first kappa shape index (κ1) is 13.9. The highest BCUT2D eigenvalue weighted by Gasteiger charge is 2.14. The Kier molecular flexibility index (Phi) is 4.84. The Hall–Kier alpha value is -1.20. The normalized spacial score (nSPS) is 11.4. The maximum Gasteiger partial charge on any atom is 0.294 e. The van der Waals surface area contributed by atoms with Crippen LogP contribution in [0.4, 0.5) is 0 Å². The summed E-state index contributed by atoms with van der Waals surface area (Å²) in [5.74, 6) is 0. The van der Waals surface area contributed by atoms with E-state index in [-0.39, 0.29) is 4.90 Å². The predicted octanol–water partition coefficient (Wildman–Crippen LogP) is 2.15. The number of aryl methyl sites for hydroxylation is 2. The highest BCUT2D eigenvalue weighted by molar-refractivity contribution is 7.85. The van der Waals surface area contributed by atoms with Gasteiger partial charge in [0.2, 0.25) is 0 Å². The molecule has 0 aliphatic heterocycles. The smallest absolute Gasteiger partial charge is 0.294 e. The molecule has 0 saturated heterocycles. The van der Waals surface area contributed by atoms with Gasteiger partial charge in [0.25, 0.3) is 10.1 Å². The fourth-order valence-corrected chi connectivity index (χ4v) is 2.43. The van der Waals surface area contributed by atoms with E-state index in [0.29, 0.717) is 18.4 Å². The Morgan fingerprint density at radius 2 is 2.00 bits per heavy atom. The van der Waals surface area contributed by atoms with Crippen LogP contribution < -0.4 is 0 Å². The third-order valence-corrected chi connectivity index (χ3v) is 3.47. The van der Waals surface area contributed by atoms with Gasteiger partial charge in [-0.15, -0.1) is 0 Å². The Bertz CT molecular complexity index is 491. The summed E-state index contributed by atoms with van der Waals surface area (Å²) >= 11 is 0. The number of unbranched alkanes of at least 4 members (excludes halogenated alkanes) is 2. The summed E-state index contributed by atoms with van der Waals surface area (Å²) in [6.07, 6.45) is 3.32. The molecule has 1 aromatic rings. The zero-order valence-electron chi connectivity index (χ0n) is 9.72. The Balaban J connectivity index is 2.88. The average Bonchev–Trinajstić information content (AvgIpc) is 2.23. The van der Waals surface area contributed by atoms with Gasteiger partial charge in [-0.1, -0.05) is 17.7 Å². The van der Waals surface area contributed by atoms with Crippen molar-refractivity contribution in [2.45, 2.75) is 37.5 Å². The molecule has 0 aliphatic rings. The molecular formula is C12H16O4S. The van der Waals surface area contributed by atoms with Crippen molar-refractivity contribution in [2.24, 2.45) is 0 Å². The quantitative estimate of drug-likeness (QED) is 0.481. The molecule has 0 heterocycles. The number of aldehydes is 1. The van der Waals surface area contributed by atoms with Crippen LogP contribution in [0, 0.1) is 6.92 Å². The maximum atomic E-state index is 11.2. The van der Waals surface area contributed by atoms with Crippen molar-refractivity contribution >= 4 is 16.4 Å². The molecule has 17 heavy (non-hydrogen) atoms. The van der Waals surface area contributed by atoms with E-state index in [4.69, 9.17) is 4.55 Å². The molecule has 0 aliphatic carbocycles. The van der Waals surface area contributed by atoms with Crippen LogP contribution in [0.2, 0.25) is 0 Å². The van der Waals surface area contributed by atoms with Crippen LogP contribution in [0.1, 0.15) is 30.4 Å². The second kappa shape index (κ2) is 5.93. The summed E-state index contributed by atoms with van der Waals surface area (Å²) < 4.78 is 31.4. The lowest BCUT2D eigenvalue weighted by Crippen LogP contribution is -2.03. The fraction of sp³-hybridized carbons (Fsp3) is 0.417. The first-order valence-electron chi connectivity index (χ1n) is 5.46. The number of hydrogen-bond acceptors (Lipinski definition) is 3. The van der Waals surface area contributed by atoms with Crippen LogP contribution in [0.15, 0.2) is 23.1 Å². The number of benzene rings is 1. The van der Waals surface area contributed by atoms with Gasteiger partial charge < -0.3 is 4.79 Å². The standard InChI is InChI=1S/C12H16O4S/c1-10-6-7-12(17(14,15)16)11(9-10)5-3-2-4-8-13/h6-9H,2-5H2,1H3,(H,14,15,16). The van der Waals surface area contributed by atoms with Crippen molar-refractivity contribution in [3.05, 3.63) is 29.3 Å². The van der Waals surface area contributed by atoms with Crippen molar-refractivity contribution in [1.82, 2.24) is 0 Å². The van der Waals surface area contributed by atoms with Crippen molar-refractivity contribution in [2.75, 3.05) is 0 Å². The van der Waals surface area contributed by atoms with Gasteiger partial charge in [-0.2, -0.15) is 8.42 Å². The minimum absolute atomic E-state index is 0.0331. The lowest BCUT2D eigenvalue weighted by Gasteiger charge is -2.07. The van der Waals surface area contributed by atoms with Crippen molar-refractivity contribution in [1.29, 1.82) is 0 Å². The van der Waals surface area contributed by atoms with Gasteiger partial charge in [-0.3, -0.25) is 4.55 Å². The fourth-order valence-electron chi connectivity index (χ4n) is 1.70. The second-order valence-electron chi connectivity index (χ2n) is 4.00. The Morgan fingerprint density at radius 1 is 1.29 bits per heavy atom. The van der Waals surface area contributed by atoms with E-state index in [1.807, 2.05) is 6.92 Å². The molecule has 0 spiro atoms. The van der Waals surface area contributed by atoms with E-state index in [1.165, 1.54) is 6.07 Å². The molecule has 0 amide bonds. The first-order chi connectivity index (χ1) is 7.95. The van der Waals surface area contributed by atoms with Gasteiger partial charge in [-0.05, 0) is 37.8 Å².